The average Bonchev–Trinajstić information content (AvgIpc) is 3.45. The molecule has 31 heavy (non-hydrogen) atoms. The third-order valence-electron chi connectivity index (χ3n) is 4.90. The zero-order valence-corrected chi connectivity index (χ0v) is 18.6. The Labute approximate surface area is 188 Å². The predicted octanol–water partition coefficient (Wildman–Crippen LogP) is 3.37. The molecular formula is C22H22N3O4S2+. The third kappa shape index (κ3) is 4.72. The Morgan fingerprint density at radius 3 is 2.74 bits per heavy atom. The topological polar surface area (TPSA) is 78.7 Å². The van der Waals surface area contributed by atoms with Crippen molar-refractivity contribution >= 4 is 52.3 Å². The second-order valence-electron chi connectivity index (χ2n) is 6.94. The van der Waals surface area contributed by atoms with Crippen molar-refractivity contribution in [3.63, 3.8) is 0 Å². The van der Waals surface area contributed by atoms with Crippen molar-refractivity contribution in [3.05, 3.63) is 58.1 Å². The van der Waals surface area contributed by atoms with Crippen LogP contribution in [0.1, 0.15) is 11.8 Å². The smallest absolute Gasteiger partial charge is 0.494 e. The summed E-state index contributed by atoms with van der Waals surface area (Å²) < 4.78 is 6.81. The van der Waals surface area contributed by atoms with Gasteiger partial charge < -0.3 is 10.1 Å². The van der Waals surface area contributed by atoms with Gasteiger partial charge in [-0.3, -0.25) is 4.79 Å². The number of hydrogen-bond acceptors (Lipinski definition) is 6. The first-order valence-electron chi connectivity index (χ1n) is 9.93. The Morgan fingerprint density at radius 1 is 1.23 bits per heavy atom. The summed E-state index contributed by atoms with van der Waals surface area (Å²) in [5.41, 5.74) is 1.18. The molecule has 0 bridgehead atoms. The van der Waals surface area contributed by atoms with Gasteiger partial charge in [-0.25, -0.2) is 4.79 Å². The van der Waals surface area contributed by atoms with Crippen LogP contribution in [-0.4, -0.2) is 58.0 Å². The highest BCUT2D eigenvalue weighted by Gasteiger charge is 2.49. The van der Waals surface area contributed by atoms with Crippen LogP contribution in [0.25, 0.3) is 0 Å². The van der Waals surface area contributed by atoms with Crippen LogP contribution in [0, 0.1) is 0 Å². The lowest BCUT2D eigenvalue weighted by atomic mass is 10.1. The average molecular weight is 457 g/mol. The molecule has 0 saturated heterocycles. The lowest BCUT2D eigenvalue weighted by Crippen LogP contribution is -2.56. The van der Waals surface area contributed by atoms with Crippen molar-refractivity contribution in [2.24, 2.45) is 0 Å². The molecule has 1 aromatic heterocycles. The van der Waals surface area contributed by atoms with Crippen molar-refractivity contribution < 1.29 is 23.7 Å². The van der Waals surface area contributed by atoms with Crippen molar-refractivity contribution in [3.8, 4) is 5.75 Å². The number of nitrogens with zero attached hydrogens (tertiary/aromatic N) is 2. The van der Waals surface area contributed by atoms with Crippen molar-refractivity contribution in [1.29, 1.82) is 0 Å². The molecule has 1 N–H and O–H groups in total. The highest BCUT2D eigenvalue weighted by molar-refractivity contribution is 8.04. The van der Waals surface area contributed by atoms with Gasteiger partial charge >= 0.3 is 11.9 Å². The van der Waals surface area contributed by atoms with E-state index in [9.17, 15) is 14.4 Å². The minimum absolute atomic E-state index is 0.161. The van der Waals surface area contributed by atoms with E-state index in [2.05, 4.69) is 5.32 Å². The van der Waals surface area contributed by atoms with Crippen molar-refractivity contribution in [1.82, 2.24) is 4.90 Å². The largest absolute Gasteiger partial charge is 0.501 e. The Hall–Kier alpha value is -2.91. The molecule has 4 amide bonds. The number of imide groups is 1. The molecule has 0 aliphatic carbocycles. The van der Waals surface area contributed by atoms with E-state index < -0.39 is 11.3 Å². The minimum Gasteiger partial charge on any atom is -0.494 e. The van der Waals surface area contributed by atoms with Crippen LogP contribution in [-0.2, 0) is 16.0 Å². The van der Waals surface area contributed by atoms with E-state index >= 15 is 0 Å². The molecule has 9 heteroatoms. The highest BCUT2D eigenvalue weighted by atomic mass is 32.2. The number of carbonyl (C=O) groups excluding carboxylic acids is 3. The fraction of sp³-hybridized carbons (Fsp3) is 0.273. The third-order valence-corrected chi connectivity index (χ3v) is 6.84. The fourth-order valence-corrected chi connectivity index (χ4v) is 5.10. The SMILES string of the molecule is CCOc1ccc(NC(=O)C[N+]2=C3C=CSC3C(=O)N(CCc3cccs3)C2=O)cc1. The maximum Gasteiger partial charge on any atom is 0.501 e. The number of thiophene rings is 1. The zero-order valence-electron chi connectivity index (χ0n) is 16.9. The van der Waals surface area contributed by atoms with Crippen LogP contribution < -0.4 is 10.1 Å². The standard InChI is InChI=1S/C22H21N3O4S2/c1-2-29-16-7-5-15(6-8-16)23-19(26)14-25-18-10-13-31-20(18)21(27)24(22(25)28)11-9-17-4-3-12-30-17/h3-8,10,12-13,20H,2,9,11,14H2,1H3/p+1. The number of allylic oxidation sites excluding steroid dienone is 1. The second-order valence-corrected chi connectivity index (χ2v) is 8.99. The van der Waals surface area contributed by atoms with Crippen LogP contribution in [0.2, 0.25) is 0 Å². The zero-order chi connectivity index (χ0) is 21.8. The predicted molar refractivity (Wildman–Crippen MR) is 122 cm³/mol. The molecule has 0 spiro atoms. The van der Waals surface area contributed by atoms with Crippen molar-refractivity contribution in [2.75, 3.05) is 25.0 Å². The van der Waals surface area contributed by atoms with E-state index in [4.69, 9.17) is 4.74 Å². The summed E-state index contributed by atoms with van der Waals surface area (Å²) in [5.74, 6) is 0.162. The number of fused-ring (bicyclic) bond motifs is 1. The van der Waals surface area contributed by atoms with Gasteiger partial charge in [0.1, 0.15) is 18.0 Å². The van der Waals surface area contributed by atoms with Crippen molar-refractivity contribution in [2.45, 2.75) is 18.6 Å². The molecule has 4 rings (SSSR count). The molecule has 1 unspecified atom stereocenters. The maximum atomic E-state index is 13.1. The Balaban J connectivity index is 1.47. The molecule has 0 fully saturated rings. The summed E-state index contributed by atoms with van der Waals surface area (Å²) in [6.45, 7) is 2.60. The summed E-state index contributed by atoms with van der Waals surface area (Å²) in [5, 5.41) is 6.08. The number of ether oxygens (including phenoxy) is 1. The molecule has 0 radical (unpaired) electrons. The summed E-state index contributed by atoms with van der Waals surface area (Å²) in [6, 6.07) is 10.5. The van der Waals surface area contributed by atoms with E-state index in [0.717, 1.165) is 10.6 Å². The molecule has 7 nitrogen and oxygen atoms in total. The van der Waals surface area contributed by atoms with Gasteiger partial charge in [0, 0.05) is 17.0 Å². The number of thioether (sulfide) groups is 1. The molecule has 2 aromatic rings. The number of anilines is 1. The Morgan fingerprint density at radius 2 is 2.03 bits per heavy atom. The van der Waals surface area contributed by atoms with Crippen LogP contribution in [0.15, 0.2) is 53.3 Å². The van der Waals surface area contributed by atoms with Gasteiger partial charge in [0.15, 0.2) is 11.8 Å². The van der Waals surface area contributed by atoms with Crippen LogP contribution >= 0.6 is 23.1 Å². The van der Waals surface area contributed by atoms with E-state index in [0.29, 0.717) is 31.0 Å². The van der Waals surface area contributed by atoms with E-state index in [1.165, 1.54) is 21.2 Å². The van der Waals surface area contributed by atoms with Gasteiger partial charge in [0.2, 0.25) is 0 Å². The van der Waals surface area contributed by atoms with Gasteiger partial charge in [0.05, 0.1) is 6.61 Å². The minimum atomic E-state index is -0.487. The van der Waals surface area contributed by atoms with Crippen LogP contribution in [0.5, 0.6) is 5.75 Å². The van der Waals surface area contributed by atoms with E-state index in [1.807, 2.05) is 24.4 Å². The molecule has 160 valence electrons. The molecule has 2 aliphatic heterocycles. The molecule has 2 aliphatic rings. The number of amides is 4. The number of urea groups is 1. The van der Waals surface area contributed by atoms with Gasteiger partial charge in [-0.15, -0.1) is 23.1 Å². The normalized spacial score (nSPS) is 17.8. The molecule has 1 aromatic carbocycles. The summed E-state index contributed by atoms with van der Waals surface area (Å²) in [7, 11) is 0. The quantitative estimate of drug-likeness (QED) is 0.616. The van der Waals surface area contributed by atoms with Gasteiger partial charge in [0.25, 0.3) is 5.91 Å². The molecular weight excluding hydrogens is 434 g/mol. The van der Waals surface area contributed by atoms with Crippen LogP contribution in [0.4, 0.5) is 10.5 Å². The molecule has 1 atom stereocenters. The fourth-order valence-electron chi connectivity index (χ4n) is 3.44. The van der Waals surface area contributed by atoms with Crippen LogP contribution in [0.3, 0.4) is 0 Å². The van der Waals surface area contributed by atoms with Gasteiger partial charge in [-0.1, -0.05) is 6.07 Å². The first-order chi connectivity index (χ1) is 15.1. The molecule has 3 heterocycles. The number of rotatable bonds is 8. The monoisotopic (exact) mass is 456 g/mol. The number of hydrogen-bond donors (Lipinski definition) is 1. The first-order valence-corrected chi connectivity index (χ1v) is 11.8. The summed E-state index contributed by atoms with van der Waals surface area (Å²) in [6.07, 6.45) is 2.34. The van der Waals surface area contributed by atoms with Gasteiger partial charge in [-0.2, -0.15) is 14.3 Å². The Kier molecular flexibility index (Phi) is 6.53. The maximum absolute atomic E-state index is 13.1. The number of benzene rings is 1. The van der Waals surface area contributed by atoms with E-state index in [1.54, 1.807) is 47.1 Å². The summed E-state index contributed by atoms with van der Waals surface area (Å²) in [4.78, 5) is 41.0. The number of nitrogens with one attached hydrogen (secondary N) is 1. The lowest BCUT2D eigenvalue weighted by Gasteiger charge is -2.24. The van der Waals surface area contributed by atoms with E-state index in [-0.39, 0.29) is 18.4 Å². The van der Waals surface area contributed by atoms with Gasteiger partial charge in [-0.05, 0) is 54.1 Å². The lowest BCUT2D eigenvalue weighted by molar-refractivity contribution is -0.425. The Bertz CT molecular complexity index is 1050. The number of carbonyl (C=O) groups is 3. The highest BCUT2D eigenvalue weighted by Crippen LogP contribution is 2.28. The molecule has 0 saturated carbocycles. The summed E-state index contributed by atoms with van der Waals surface area (Å²) >= 11 is 2.95. The first kappa shape index (κ1) is 21.3. The second kappa shape index (κ2) is 9.49.